The Bertz CT molecular complexity index is 1110. The maximum atomic E-state index is 12.4. The third kappa shape index (κ3) is 5.62. The molecule has 0 spiro atoms. The molecule has 9 heteroatoms. The number of aromatic nitrogens is 2. The zero-order valence-corrected chi connectivity index (χ0v) is 19.0. The van der Waals surface area contributed by atoms with Gasteiger partial charge in [-0.1, -0.05) is 0 Å². The zero-order valence-electron chi connectivity index (χ0n) is 19.0. The molecule has 0 radical (unpaired) electrons. The quantitative estimate of drug-likeness (QED) is 0.478. The number of hydrogen-bond acceptors (Lipinski definition) is 7. The van der Waals surface area contributed by atoms with Crippen LogP contribution in [0.1, 0.15) is 18.7 Å². The molecule has 3 N–H and O–H groups in total. The highest BCUT2D eigenvalue weighted by Gasteiger charge is 2.15. The van der Waals surface area contributed by atoms with Gasteiger partial charge in [-0.3, -0.25) is 0 Å². The Hall–Kier alpha value is -4.01. The molecule has 4 rings (SSSR count). The largest absolute Gasteiger partial charge is 0.497 e. The predicted octanol–water partition coefficient (Wildman–Crippen LogP) is 4.79. The van der Waals surface area contributed by atoms with E-state index in [0.717, 1.165) is 36.2 Å². The van der Waals surface area contributed by atoms with E-state index in [1.165, 1.54) is 20.0 Å². The second kappa shape index (κ2) is 10.1. The van der Waals surface area contributed by atoms with E-state index in [2.05, 4.69) is 30.8 Å². The minimum Gasteiger partial charge on any atom is -0.497 e. The molecule has 0 saturated carbocycles. The van der Waals surface area contributed by atoms with E-state index in [1.54, 1.807) is 25.3 Å². The van der Waals surface area contributed by atoms with Crippen molar-refractivity contribution in [3.05, 3.63) is 54.4 Å². The zero-order chi connectivity index (χ0) is 23.2. The van der Waals surface area contributed by atoms with Crippen LogP contribution >= 0.6 is 0 Å². The van der Waals surface area contributed by atoms with Crippen LogP contribution in [0.3, 0.4) is 0 Å². The highest BCUT2D eigenvalue weighted by Crippen LogP contribution is 2.29. The molecule has 1 fully saturated rings. The third-order valence-electron chi connectivity index (χ3n) is 5.33. The van der Waals surface area contributed by atoms with Crippen molar-refractivity contribution >= 4 is 34.7 Å². The molecule has 33 heavy (non-hydrogen) atoms. The molecule has 1 aliphatic rings. The molecule has 9 nitrogen and oxygen atoms in total. The van der Waals surface area contributed by atoms with Gasteiger partial charge in [0, 0.05) is 36.6 Å². The van der Waals surface area contributed by atoms with Crippen LogP contribution in [0.2, 0.25) is 0 Å². The van der Waals surface area contributed by atoms with Gasteiger partial charge in [0.2, 0.25) is 0 Å². The standard InChI is InChI=1S/C24H28N6O3/c1-16-25-22(15-23(26-16)30-12-4-5-13-30)27-17-6-8-18(9-7-17)28-24(31)29-20-11-10-19(32-2)14-21(20)33-3/h6-11,14-15H,4-5,12-13H2,1-3H3,(H,25,26,27)(H2,28,29,31). The number of amides is 2. The fourth-order valence-electron chi connectivity index (χ4n) is 3.70. The first kappa shape index (κ1) is 22.2. The smallest absolute Gasteiger partial charge is 0.323 e. The van der Waals surface area contributed by atoms with E-state index in [9.17, 15) is 4.79 Å². The van der Waals surface area contributed by atoms with Crippen molar-refractivity contribution in [2.45, 2.75) is 19.8 Å². The van der Waals surface area contributed by atoms with Crippen LogP contribution < -0.4 is 30.3 Å². The van der Waals surface area contributed by atoms with E-state index >= 15 is 0 Å². The van der Waals surface area contributed by atoms with Gasteiger partial charge in [0.15, 0.2) is 0 Å². The fourth-order valence-corrected chi connectivity index (χ4v) is 3.70. The molecule has 0 bridgehead atoms. The van der Waals surface area contributed by atoms with E-state index in [0.29, 0.717) is 22.9 Å². The number of aryl methyl sites for hydroxylation is 1. The van der Waals surface area contributed by atoms with Crippen LogP contribution in [-0.2, 0) is 0 Å². The second-order valence-electron chi connectivity index (χ2n) is 7.70. The van der Waals surface area contributed by atoms with Crippen LogP contribution in [0.5, 0.6) is 11.5 Å². The van der Waals surface area contributed by atoms with Crippen molar-refractivity contribution < 1.29 is 14.3 Å². The molecule has 3 aromatic rings. The van der Waals surface area contributed by atoms with Crippen molar-refractivity contribution in [3.63, 3.8) is 0 Å². The molecule has 2 amide bonds. The summed E-state index contributed by atoms with van der Waals surface area (Å²) in [6.07, 6.45) is 2.39. The number of hydrogen-bond donors (Lipinski definition) is 3. The number of urea groups is 1. The molecule has 2 heterocycles. The molecular formula is C24H28N6O3. The van der Waals surface area contributed by atoms with Gasteiger partial charge in [0.1, 0.15) is 29.0 Å². The van der Waals surface area contributed by atoms with Gasteiger partial charge in [-0.25, -0.2) is 14.8 Å². The van der Waals surface area contributed by atoms with Crippen molar-refractivity contribution in [2.75, 3.05) is 48.2 Å². The van der Waals surface area contributed by atoms with Gasteiger partial charge >= 0.3 is 6.03 Å². The fraction of sp³-hybridized carbons (Fsp3) is 0.292. The lowest BCUT2D eigenvalue weighted by Crippen LogP contribution is -2.20. The van der Waals surface area contributed by atoms with Crippen LogP contribution in [0, 0.1) is 6.92 Å². The lowest BCUT2D eigenvalue weighted by atomic mass is 10.2. The predicted molar refractivity (Wildman–Crippen MR) is 130 cm³/mol. The summed E-state index contributed by atoms with van der Waals surface area (Å²) in [6, 6.07) is 14.2. The minimum absolute atomic E-state index is 0.374. The van der Waals surface area contributed by atoms with Crippen LogP contribution in [0.25, 0.3) is 0 Å². The Morgan fingerprint density at radius 3 is 2.33 bits per heavy atom. The van der Waals surface area contributed by atoms with Crippen LogP contribution in [-0.4, -0.2) is 43.3 Å². The van der Waals surface area contributed by atoms with Crippen molar-refractivity contribution in [3.8, 4) is 11.5 Å². The number of carbonyl (C=O) groups is 1. The average Bonchev–Trinajstić information content (AvgIpc) is 3.35. The number of carbonyl (C=O) groups excluding carboxylic acids is 1. The monoisotopic (exact) mass is 448 g/mol. The Labute approximate surface area is 193 Å². The van der Waals surface area contributed by atoms with Crippen LogP contribution in [0.4, 0.5) is 33.5 Å². The summed E-state index contributed by atoms with van der Waals surface area (Å²) in [5.41, 5.74) is 2.06. The first-order chi connectivity index (χ1) is 16.0. The first-order valence-electron chi connectivity index (χ1n) is 10.8. The van der Waals surface area contributed by atoms with Gasteiger partial charge in [-0.2, -0.15) is 0 Å². The SMILES string of the molecule is COc1ccc(NC(=O)Nc2ccc(Nc3cc(N4CCCC4)nc(C)n3)cc2)c(OC)c1. The molecule has 0 aliphatic carbocycles. The minimum atomic E-state index is -0.374. The lowest BCUT2D eigenvalue weighted by Gasteiger charge is -2.18. The maximum Gasteiger partial charge on any atom is 0.323 e. The van der Waals surface area contributed by atoms with Crippen LogP contribution in [0.15, 0.2) is 48.5 Å². The summed E-state index contributed by atoms with van der Waals surface area (Å²) >= 11 is 0. The van der Waals surface area contributed by atoms with Crippen molar-refractivity contribution in [1.29, 1.82) is 0 Å². The van der Waals surface area contributed by atoms with Gasteiger partial charge in [0.25, 0.3) is 0 Å². The summed E-state index contributed by atoms with van der Waals surface area (Å²) in [6.45, 7) is 3.95. The normalized spacial score (nSPS) is 12.9. The third-order valence-corrected chi connectivity index (χ3v) is 5.33. The number of rotatable bonds is 7. The molecule has 0 unspecified atom stereocenters. The number of benzene rings is 2. The number of ether oxygens (including phenoxy) is 2. The Kier molecular flexibility index (Phi) is 6.77. The summed E-state index contributed by atoms with van der Waals surface area (Å²) in [5, 5.41) is 8.93. The number of nitrogens with one attached hydrogen (secondary N) is 3. The second-order valence-corrected chi connectivity index (χ2v) is 7.70. The van der Waals surface area contributed by atoms with Gasteiger partial charge in [-0.15, -0.1) is 0 Å². The number of methoxy groups -OCH3 is 2. The number of anilines is 5. The molecular weight excluding hydrogens is 420 g/mol. The Morgan fingerprint density at radius 1 is 0.909 bits per heavy atom. The maximum absolute atomic E-state index is 12.4. The number of nitrogens with zero attached hydrogens (tertiary/aromatic N) is 3. The van der Waals surface area contributed by atoms with Gasteiger partial charge < -0.3 is 30.3 Å². The van der Waals surface area contributed by atoms with E-state index in [-0.39, 0.29) is 6.03 Å². The van der Waals surface area contributed by atoms with Gasteiger partial charge in [-0.05, 0) is 56.2 Å². The lowest BCUT2D eigenvalue weighted by molar-refractivity contribution is 0.262. The van der Waals surface area contributed by atoms with E-state index in [1.807, 2.05) is 37.3 Å². The summed E-state index contributed by atoms with van der Waals surface area (Å²) in [5.74, 6) is 3.58. The topological polar surface area (TPSA) is 101 Å². The molecule has 1 saturated heterocycles. The van der Waals surface area contributed by atoms with Crippen molar-refractivity contribution in [2.24, 2.45) is 0 Å². The summed E-state index contributed by atoms with van der Waals surface area (Å²) < 4.78 is 10.5. The molecule has 172 valence electrons. The molecule has 1 aromatic heterocycles. The highest BCUT2D eigenvalue weighted by molar-refractivity contribution is 6.00. The highest BCUT2D eigenvalue weighted by atomic mass is 16.5. The van der Waals surface area contributed by atoms with Gasteiger partial charge in [0.05, 0.1) is 19.9 Å². The average molecular weight is 449 g/mol. The van der Waals surface area contributed by atoms with Crippen molar-refractivity contribution in [1.82, 2.24) is 9.97 Å². The molecule has 0 atom stereocenters. The first-order valence-corrected chi connectivity index (χ1v) is 10.8. The Morgan fingerprint density at radius 2 is 1.64 bits per heavy atom. The summed E-state index contributed by atoms with van der Waals surface area (Å²) in [4.78, 5) is 23.8. The Balaban J connectivity index is 1.38. The van der Waals surface area contributed by atoms with E-state index in [4.69, 9.17) is 9.47 Å². The molecule has 2 aromatic carbocycles. The van der Waals surface area contributed by atoms with E-state index < -0.39 is 0 Å². The molecule has 1 aliphatic heterocycles. The summed E-state index contributed by atoms with van der Waals surface area (Å²) in [7, 11) is 3.11.